The maximum absolute atomic E-state index is 12.5. The molecular weight excluding hydrogens is 250 g/mol. The van der Waals surface area contributed by atoms with Gasteiger partial charge in [0.2, 0.25) is 5.91 Å². The van der Waals surface area contributed by atoms with Crippen molar-refractivity contribution in [2.45, 2.75) is 50.9 Å². The number of carbonyl (C=O) groups excluding carboxylic acids is 1. The second-order valence-electron chi connectivity index (χ2n) is 5.17. The van der Waals surface area contributed by atoms with E-state index in [-0.39, 0.29) is 17.2 Å². The van der Waals surface area contributed by atoms with Crippen LogP contribution in [0, 0.1) is 11.8 Å². The van der Waals surface area contributed by atoms with E-state index in [2.05, 4.69) is 0 Å². The van der Waals surface area contributed by atoms with Gasteiger partial charge in [0, 0.05) is 11.7 Å². The fourth-order valence-corrected chi connectivity index (χ4v) is 4.23. The quantitative estimate of drug-likeness (QED) is 0.832. The van der Waals surface area contributed by atoms with Crippen molar-refractivity contribution >= 4 is 23.6 Å². The summed E-state index contributed by atoms with van der Waals surface area (Å²) in [5, 5.41) is 9.38. The van der Waals surface area contributed by atoms with Gasteiger partial charge in [-0.25, -0.2) is 4.79 Å². The van der Waals surface area contributed by atoms with Gasteiger partial charge in [0.1, 0.15) is 6.04 Å². The maximum Gasteiger partial charge on any atom is 0.327 e. The molecular formula is C13H21NO3S. The first-order chi connectivity index (χ1) is 8.60. The minimum atomic E-state index is -0.857. The molecule has 2 rings (SSSR count). The number of hydrogen-bond donors (Lipinski definition) is 1. The predicted octanol–water partition coefficient (Wildman–Crippen LogP) is 2.19. The van der Waals surface area contributed by atoms with Crippen LogP contribution in [0.15, 0.2) is 0 Å². The molecule has 0 radical (unpaired) electrons. The summed E-state index contributed by atoms with van der Waals surface area (Å²) >= 11 is 1.65. The third-order valence-electron chi connectivity index (χ3n) is 3.93. The van der Waals surface area contributed by atoms with Gasteiger partial charge < -0.3 is 10.0 Å². The first-order valence-electron chi connectivity index (χ1n) is 6.76. The normalized spacial score (nSPS) is 27.8. The zero-order valence-electron chi connectivity index (χ0n) is 11.0. The fraction of sp³-hybridized carbons (Fsp3) is 0.846. The molecule has 0 aromatic rings. The average Bonchev–Trinajstić information content (AvgIpc) is 3.08. The number of nitrogens with zero attached hydrogens (tertiary/aromatic N) is 1. The van der Waals surface area contributed by atoms with E-state index < -0.39 is 12.0 Å². The second kappa shape index (κ2) is 5.51. The smallest absolute Gasteiger partial charge is 0.327 e. The first-order valence-corrected chi connectivity index (χ1v) is 7.81. The number of aliphatic carboxylic acids is 1. The number of rotatable bonds is 5. The molecule has 2 fully saturated rings. The molecule has 0 bridgehead atoms. The molecule has 1 amide bonds. The molecule has 5 heteroatoms. The summed E-state index contributed by atoms with van der Waals surface area (Å²) in [4.78, 5) is 25.5. The van der Waals surface area contributed by atoms with Crippen LogP contribution in [0.25, 0.3) is 0 Å². The Bertz CT molecular complexity index is 339. The van der Waals surface area contributed by atoms with E-state index in [1.807, 2.05) is 13.8 Å². The molecule has 1 N–H and O–H groups in total. The van der Waals surface area contributed by atoms with Gasteiger partial charge in [-0.1, -0.05) is 13.8 Å². The van der Waals surface area contributed by atoms with Crippen molar-refractivity contribution in [1.82, 2.24) is 4.90 Å². The van der Waals surface area contributed by atoms with Gasteiger partial charge >= 0.3 is 5.97 Å². The Morgan fingerprint density at radius 3 is 2.39 bits per heavy atom. The van der Waals surface area contributed by atoms with E-state index in [0.29, 0.717) is 11.7 Å². The number of carboxylic acid groups (broad SMARTS) is 1. The Labute approximate surface area is 112 Å². The third-order valence-corrected chi connectivity index (χ3v) is 5.40. The highest BCUT2D eigenvalue weighted by Gasteiger charge is 2.48. The van der Waals surface area contributed by atoms with Gasteiger partial charge in [-0.3, -0.25) is 4.79 Å². The molecule has 4 nitrogen and oxygen atoms in total. The van der Waals surface area contributed by atoms with Crippen LogP contribution >= 0.6 is 11.8 Å². The van der Waals surface area contributed by atoms with E-state index in [9.17, 15) is 14.7 Å². The van der Waals surface area contributed by atoms with Crippen LogP contribution < -0.4 is 0 Å². The van der Waals surface area contributed by atoms with Crippen molar-refractivity contribution in [2.24, 2.45) is 11.8 Å². The summed E-state index contributed by atoms with van der Waals surface area (Å²) in [7, 11) is 0. The third kappa shape index (κ3) is 2.51. The molecule has 102 valence electrons. The Kier molecular flexibility index (Phi) is 4.20. The lowest BCUT2D eigenvalue weighted by Crippen LogP contribution is -2.48. The van der Waals surface area contributed by atoms with Crippen LogP contribution in [0.1, 0.15) is 39.5 Å². The van der Waals surface area contributed by atoms with Gasteiger partial charge in [0.15, 0.2) is 0 Å². The van der Waals surface area contributed by atoms with E-state index in [1.165, 1.54) is 0 Å². The van der Waals surface area contributed by atoms with E-state index in [0.717, 1.165) is 25.7 Å². The summed E-state index contributed by atoms with van der Waals surface area (Å²) in [6.45, 7) is 3.99. The van der Waals surface area contributed by atoms with Gasteiger partial charge in [0.05, 0.1) is 5.37 Å². The van der Waals surface area contributed by atoms with Crippen molar-refractivity contribution in [3.8, 4) is 0 Å². The molecule has 1 saturated heterocycles. The van der Waals surface area contributed by atoms with E-state index in [4.69, 9.17) is 0 Å². The van der Waals surface area contributed by atoms with Gasteiger partial charge in [-0.15, -0.1) is 11.8 Å². The lowest BCUT2D eigenvalue weighted by atomic mass is 10.0. The van der Waals surface area contributed by atoms with Crippen LogP contribution in [0.5, 0.6) is 0 Å². The Morgan fingerprint density at radius 2 is 1.94 bits per heavy atom. The Balaban J connectivity index is 2.17. The minimum Gasteiger partial charge on any atom is -0.480 e. The highest BCUT2D eigenvalue weighted by Crippen LogP contribution is 2.46. The summed E-state index contributed by atoms with van der Waals surface area (Å²) < 4.78 is 0. The molecule has 0 aromatic carbocycles. The molecule has 2 atom stereocenters. The lowest BCUT2D eigenvalue weighted by molar-refractivity contribution is -0.151. The number of amides is 1. The summed E-state index contributed by atoms with van der Waals surface area (Å²) in [6.07, 6.45) is 3.86. The largest absolute Gasteiger partial charge is 0.480 e. The lowest BCUT2D eigenvalue weighted by Gasteiger charge is -2.30. The van der Waals surface area contributed by atoms with Crippen molar-refractivity contribution in [1.29, 1.82) is 0 Å². The molecule has 1 aliphatic carbocycles. The van der Waals surface area contributed by atoms with Crippen molar-refractivity contribution < 1.29 is 14.7 Å². The van der Waals surface area contributed by atoms with E-state index >= 15 is 0 Å². The maximum atomic E-state index is 12.5. The number of carboxylic acids is 1. The summed E-state index contributed by atoms with van der Waals surface area (Å²) in [5.74, 6) is 0.242. The summed E-state index contributed by atoms with van der Waals surface area (Å²) in [6, 6.07) is -0.617. The topological polar surface area (TPSA) is 57.6 Å². The van der Waals surface area contributed by atoms with E-state index in [1.54, 1.807) is 16.7 Å². The average molecular weight is 271 g/mol. The molecule has 0 aromatic heterocycles. The number of hydrogen-bond acceptors (Lipinski definition) is 3. The van der Waals surface area contributed by atoms with Gasteiger partial charge in [0.25, 0.3) is 0 Å². The standard InChI is InChI=1S/C13H21NO3S/c1-3-8(4-2)11(15)14-10(13(16)17)7-18-12(14)9-5-6-9/h8-10,12H,3-7H2,1-2H3,(H,16,17). The van der Waals surface area contributed by atoms with Crippen LogP contribution in [0.2, 0.25) is 0 Å². The molecule has 2 aliphatic rings. The highest BCUT2D eigenvalue weighted by atomic mass is 32.2. The zero-order valence-corrected chi connectivity index (χ0v) is 11.8. The van der Waals surface area contributed by atoms with Crippen LogP contribution in [0.3, 0.4) is 0 Å². The fourth-order valence-electron chi connectivity index (χ4n) is 2.59. The van der Waals surface area contributed by atoms with Gasteiger partial charge in [-0.2, -0.15) is 0 Å². The van der Waals surface area contributed by atoms with Crippen LogP contribution in [-0.4, -0.2) is 39.1 Å². The van der Waals surface area contributed by atoms with Crippen molar-refractivity contribution in [3.05, 3.63) is 0 Å². The summed E-state index contributed by atoms with van der Waals surface area (Å²) in [5.41, 5.74) is 0. The molecule has 18 heavy (non-hydrogen) atoms. The monoisotopic (exact) mass is 271 g/mol. The SMILES string of the molecule is CCC(CC)C(=O)N1C(C(=O)O)CSC1C1CC1. The molecule has 2 unspecified atom stereocenters. The first kappa shape index (κ1) is 13.7. The molecule has 1 aliphatic heterocycles. The molecule has 1 saturated carbocycles. The molecule has 0 spiro atoms. The Morgan fingerprint density at radius 1 is 1.33 bits per heavy atom. The molecule has 1 heterocycles. The number of carbonyl (C=O) groups is 2. The van der Waals surface area contributed by atoms with Crippen LogP contribution in [0.4, 0.5) is 0 Å². The number of thioether (sulfide) groups is 1. The minimum absolute atomic E-state index is 0.0215. The predicted molar refractivity (Wildman–Crippen MR) is 71.3 cm³/mol. The van der Waals surface area contributed by atoms with Gasteiger partial charge in [-0.05, 0) is 31.6 Å². The highest BCUT2D eigenvalue weighted by molar-refractivity contribution is 8.00. The zero-order chi connectivity index (χ0) is 13.3. The van der Waals surface area contributed by atoms with Crippen LogP contribution in [-0.2, 0) is 9.59 Å². The second-order valence-corrected chi connectivity index (χ2v) is 6.32. The Hall–Kier alpha value is -0.710. The van der Waals surface area contributed by atoms with Crippen molar-refractivity contribution in [2.75, 3.05) is 5.75 Å². The van der Waals surface area contributed by atoms with Crippen molar-refractivity contribution in [3.63, 3.8) is 0 Å².